The van der Waals surface area contributed by atoms with Crippen LogP contribution in [0.4, 0.5) is 0 Å². The third-order valence-electron chi connectivity index (χ3n) is 11.3. The van der Waals surface area contributed by atoms with Crippen LogP contribution in [0.3, 0.4) is 0 Å². The van der Waals surface area contributed by atoms with E-state index in [2.05, 4.69) is 6.58 Å². The second-order valence-corrected chi connectivity index (χ2v) is 17.9. The summed E-state index contributed by atoms with van der Waals surface area (Å²) in [4.78, 5) is 217. The summed E-state index contributed by atoms with van der Waals surface area (Å²) in [5.41, 5.74) is -1.03. The minimum Gasteiger partial charge on any atom is -0.463 e. The van der Waals surface area contributed by atoms with Crippen LogP contribution >= 0.6 is 0 Å². The van der Waals surface area contributed by atoms with Crippen molar-refractivity contribution in [2.45, 2.75) is 128 Å². The Kier molecular flexibility index (Phi) is 32.2. The first-order valence-electron chi connectivity index (χ1n) is 25.4. The number of allylic oxidation sites excluding steroid dienone is 1. The van der Waals surface area contributed by atoms with Crippen molar-refractivity contribution in [1.82, 2.24) is 20.3 Å². The summed E-state index contributed by atoms with van der Waals surface area (Å²) in [5.74, 6) is -10.3. The second kappa shape index (κ2) is 37.8. The molecule has 0 bridgehead atoms. The van der Waals surface area contributed by atoms with Crippen molar-refractivity contribution in [3.05, 3.63) is 12.3 Å². The van der Waals surface area contributed by atoms with Gasteiger partial charge in [-0.3, -0.25) is 52.7 Å². The first-order valence-corrected chi connectivity index (χ1v) is 25.4. The van der Waals surface area contributed by atoms with Crippen LogP contribution in [0.2, 0.25) is 0 Å². The lowest BCUT2D eigenvalue weighted by Gasteiger charge is -2.33. The number of amides is 7. The number of hydrogen-bond acceptors (Lipinski definition) is 27. The first-order chi connectivity index (χ1) is 38.7. The number of carbonyl (C=O) groups is 17. The molecule has 4 aliphatic heterocycles. The summed E-state index contributed by atoms with van der Waals surface area (Å²) < 4.78 is 33.7. The van der Waals surface area contributed by atoms with Gasteiger partial charge in [-0.05, 0) is 32.1 Å². The number of imide groups is 3. The Hall–Kier alpha value is -8.03. The van der Waals surface area contributed by atoms with Gasteiger partial charge in [0.15, 0.2) is 11.6 Å². The van der Waals surface area contributed by atoms with Gasteiger partial charge in [0.05, 0.1) is 50.8 Å². The minimum absolute atomic E-state index is 0.0319. The molecule has 4 fully saturated rings. The molecule has 0 aliphatic carbocycles. The maximum Gasteiger partial charge on any atom is 0.333 e. The fourth-order valence-corrected chi connectivity index (χ4v) is 7.23. The molecule has 0 aromatic rings. The van der Waals surface area contributed by atoms with Crippen LogP contribution in [-0.2, 0) is 129 Å². The minimum atomic E-state index is -1.37. The molecule has 0 radical (unpaired) electrons. The van der Waals surface area contributed by atoms with Crippen molar-refractivity contribution in [3.63, 3.8) is 0 Å². The molecule has 0 atom stereocenters. The summed E-state index contributed by atoms with van der Waals surface area (Å²) >= 11 is 0. The summed E-state index contributed by atoms with van der Waals surface area (Å²) in [7, 11) is 0. The molecule has 448 valence electrons. The van der Waals surface area contributed by atoms with Crippen LogP contribution in [-0.4, -0.2) is 189 Å². The van der Waals surface area contributed by atoms with E-state index >= 15 is 0 Å². The largest absolute Gasteiger partial charge is 0.463 e. The summed E-state index contributed by atoms with van der Waals surface area (Å²) in [6.07, 6.45) is -2.11. The normalized spacial score (nSPS) is 15.0. The van der Waals surface area contributed by atoms with Gasteiger partial charge >= 0.3 is 35.8 Å². The Morgan fingerprint density at radius 1 is 0.346 bits per heavy atom. The summed E-state index contributed by atoms with van der Waals surface area (Å²) in [5, 5.41) is 1.98. The lowest BCUT2D eigenvalue weighted by molar-refractivity contribution is -0.197. The highest BCUT2D eigenvalue weighted by Crippen LogP contribution is 2.24. The van der Waals surface area contributed by atoms with Crippen LogP contribution in [0.25, 0.3) is 0 Å². The molecule has 81 heavy (non-hydrogen) atoms. The molecule has 31 nitrogen and oxygen atoms in total. The Bertz CT molecular complexity index is 2080. The fourth-order valence-electron chi connectivity index (χ4n) is 7.23. The van der Waals surface area contributed by atoms with Crippen molar-refractivity contribution >= 4 is 102 Å². The van der Waals surface area contributed by atoms with E-state index in [-0.39, 0.29) is 175 Å². The number of rotatable bonds is 38. The number of nitrogens with zero attached hydrogens (tertiary/aromatic N) is 4. The van der Waals surface area contributed by atoms with Gasteiger partial charge in [0.2, 0.25) is 0 Å². The van der Waals surface area contributed by atoms with E-state index in [0.717, 1.165) is 5.06 Å². The zero-order valence-electron chi connectivity index (χ0n) is 44.6. The topological polar surface area (TPSA) is 395 Å². The van der Waals surface area contributed by atoms with E-state index < -0.39 is 107 Å². The summed E-state index contributed by atoms with van der Waals surface area (Å²) in [6, 6.07) is 0. The van der Waals surface area contributed by atoms with Gasteiger partial charge in [0.25, 0.3) is 41.4 Å². The van der Waals surface area contributed by atoms with Crippen molar-refractivity contribution in [3.8, 4) is 0 Å². The molecular formula is C50H66N4O27. The number of hydrogen-bond donors (Lipinski definition) is 0. The van der Waals surface area contributed by atoms with E-state index in [0.29, 0.717) is 27.3 Å². The first kappa shape index (κ1) is 69.1. The SMILES string of the molecule is C=C1CCC(=O)N1OC(=O)CCCC(=O)OCCOCC(COCCOC(=O)CCCC(=O)ON1C(=O)CCC1=O)(COCC(=O)CCCC(=O)ON1C(=O)CCC1=O)COCC(=O)CCCC(=O)ON1C(=O)CCC1=O.C=O.C=O. The number of carbonyl (C=O) groups excluding carboxylic acids is 17. The highest BCUT2D eigenvalue weighted by Gasteiger charge is 2.37. The molecule has 0 spiro atoms. The zero-order chi connectivity index (χ0) is 60.3. The van der Waals surface area contributed by atoms with Gasteiger partial charge in [-0.2, -0.15) is 0 Å². The Balaban J connectivity index is 0.00000547. The molecule has 4 heterocycles. The fraction of sp³-hybridized carbons (Fsp3) is 0.620. The standard InChI is InChI=1S/C48H62N4O25.2CH2O/c1-32-14-15-35(55)49(32)74-44(64)12-4-8-42(62)72-24-22-68-28-48(30-70-26-33(53)6-2-10-45(65)75-50-36(56)16-17-37(50)57,31-71-27-34(54)7-3-11-46(66)76-51-38(58)18-19-39(51)59)29-69-23-25-73-43(63)9-5-13-47(67)77-52-40(60)20-21-41(52)61;2*1-2/h1-31H2;2*1H2. The van der Waals surface area contributed by atoms with Crippen LogP contribution in [0.1, 0.15) is 128 Å². The molecule has 0 saturated carbocycles. The smallest absolute Gasteiger partial charge is 0.333 e. The molecule has 0 aromatic carbocycles. The lowest BCUT2D eigenvalue weighted by atomic mass is 9.92. The van der Waals surface area contributed by atoms with E-state index in [4.69, 9.17) is 57.4 Å². The maximum absolute atomic E-state index is 12.9. The highest BCUT2D eigenvalue weighted by molar-refractivity contribution is 6.03. The summed E-state index contributed by atoms with van der Waals surface area (Å²) in [6.45, 7) is 4.25. The predicted octanol–water partition coefficient (Wildman–Crippen LogP) is -0.00890. The second-order valence-electron chi connectivity index (χ2n) is 17.9. The molecule has 4 rings (SSSR count). The van der Waals surface area contributed by atoms with Crippen LogP contribution in [0.5, 0.6) is 0 Å². The quantitative estimate of drug-likeness (QED) is 0.0446. The van der Waals surface area contributed by atoms with Crippen molar-refractivity contribution in [2.24, 2.45) is 5.41 Å². The van der Waals surface area contributed by atoms with Gasteiger partial charge in [-0.1, -0.05) is 6.58 Å². The number of hydroxylamine groups is 8. The molecule has 0 aromatic heterocycles. The average Bonchev–Trinajstić information content (AvgIpc) is 4.17. The molecule has 31 heteroatoms. The Labute approximate surface area is 463 Å². The van der Waals surface area contributed by atoms with Crippen molar-refractivity contribution in [1.29, 1.82) is 0 Å². The van der Waals surface area contributed by atoms with Gasteiger partial charge in [0.1, 0.15) is 40.0 Å². The molecule has 4 aliphatic rings. The molecule has 7 amide bonds. The van der Waals surface area contributed by atoms with E-state index in [9.17, 15) is 71.9 Å². The lowest BCUT2D eigenvalue weighted by Crippen LogP contribution is -2.43. The van der Waals surface area contributed by atoms with Gasteiger partial charge in [0, 0.05) is 96.3 Å². The monoisotopic (exact) mass is 1150 g/mol. The highest BCUT2D eigenvalue weighted by atomic mass is 16.7. The molecule has 4 saturated heterocycles. The van der Waals surface area contributed by atoms with Crippen LogP contribution in [0.15, 0.2) is 12.3 Å². The van der Waals surface area contributed by atoms with Gasteiger partial charge in [-0.25, -0.2) is 19.2 Å². The molecule has 0 unspecified atom stereocenters. The number of ether oxygens (including phenoxy) is 6. The molecule has 0 N–H and O–H groups in total. The number of Topliss-reactive ketones (excluding diaryl/α,β-unsaturated/α-hetero) is 2. The van der Waals surface area contributed by atoms with Crippen molar-refractivity contribution in [2.75, 3.05) is 66.1 Å². The van der Waals surface area contributed by atoms with E-state index in [1.165, 1.54) is 0 Å². The van der Waals surface area contributed by atoms with E-state index in [1.54, 1.807) is 0 Å². The number of ketones is 2. The van der Waals surface area contributed by atoms with Crippen LogP contribution < -0.4 is 0 Å². The maximum atomic E-state index is 12.9. The van der Waals surface area contributed by atoms with Gasteiger partial charge in [-0.15, -0.1) is 20.3 Å². The third-order valence-corrected chi connectivity index (χ3v) is 11.3. The van der Waals surface area contributed by atoms with Crippen LogP contribution in [0, 0.1) is 5.41 Å². The Morgan fingerprint density at radius 3 is 0.914 bits per heavy atom. The predicted molar refractivity (Wildman–Crippen MR) is 260 cm³/mol. The number of esters is 2. The van der Waals surface area contributed by atoms with Crippen molar-refractivity contribution < 1.29 is 129 Å². The molecular weight excluding hydrogens is 1090 g/mol. The Morgan fingerprint density at radius 2 is 0.605 bits per heavy atom. The van der Waals surface area contributed by atoms with Gasteiger partial charge < -0.3 is 57.4 Å². The van der Waals surface area contributed by atoms with E-state index in [1.807, 2.05) is 13.6 Å². The third kappa shape index (κ3) is 26.2. The average molecular weight is 1160 g/mol. The zero-order valence-corrected chi connectivity index (χ0v) is 44.6.